The number of amides is 1. The van der Waals surface area contributed by atoms with E-state index in [0.717, 1.165) is 49.2 Å². The number of aliphatic carboxylic acids is 2. The molecular weight excluding hydrogens is 453 g/mol. The lowest BCUT2D eigenvalue weighted by Crippen LogP contribution is -2.40. The molecule has 1 heterocycles. The van der Waals surface area contributed by atoms with Crippen LogP contribution in [0.3, 0.4) is 0 Å². The highest BCUT2D eigenvalue weighted by Gasteiger charge is 2.30. The van der Waals surface area contributed by atoms with E-state index in [2.05, 4.69) is 10.2 Å². The summed E-state index contributed by atoms with van der Waals surface area (Å²) < 4.78 is 37.9. The second-order valence-electron chi connectivity index (χ2n) is 8.06. The second kappa shape index (κ2) is 12.2. The number of carboxylic acids is 2. The Labute approximate surface area is 195 Å². The minimum Gasteiger partial charge on any atom is -0.473 e. The zero-order valence-electron chi connectivity index (χ0n) is 18.6. The van der Waals surface area contributed by atoms with Gasteiger partial charge in [0.2, 0.25) is 5.91 Å². The molecule has 0 bridgehead atoms. The number of halogens is 3. The number of carbonyl (C=O) groups excluding carboxylic acids is 1. The highest BCUT2D eigenvalue weighted by Crippen LogP contribution is 2.29. The van der Waals surface area contributed by atoms with Crippen molar-refractivity contribution in [3.05, 3.63) is 70.8 Å². The molecule has 0 saturated carbocycles. The van der Waals surface area contributed by atoms with Crippen LogP contribution >= 0.6 is 0 Å². The van der Waals surface area contributed by atoms with E-state index in [4.69, 9.17) is 19.8 Å². The molecule has 2 aromatic rings. The minimum atomic E-state index is -4.30. The zero-order chi connectivity index (χ0) is 25.3. The molecular formula is C24H27F3N2O5. The van der Waals surface area contributed by atoms with Crippen molar-refractivity contribution in [2.75, 3.05) is 13.1 Å². The fourth-order valence-corrected chi connectivity index (χ4v) is 3.45. The van der Waals surface area contributed by atoms with Crippen molar-refractivity contribution in [3.8, 4) is 0 Å². The number of aryl methyl sites for hydroxylation is 1. The summed E-state index contributed by atoms with van der Waals surface area (Å²) >= 11 is 0. The molecule has 1 aliphatic heterocycles. The SMILES string of the molecule is Cc1ccc(CNC(=O)C2CCN(Cc3ccc(C(F)(F)F)cc3)CC2)cc1.O=C(O)C(=O)O. The molecule has 0 radical (unpaired) electrons. The Morgan fingerprint density at radius 3 is 1.88 bits per heavy atom. The fourth-order valence-electron chi connectivity index (χ4n) is 3.45. The van der Waals surface area contributed by atoms with Crippen molar-refractivity contribution in [2.24, 2.45) is 5.92 Å². The lowest BCUT2D eigenvalue weighted by atomic mass is 9.95. The first-order valence-corrected chi connectivity index (χ1v) is 10.6. The molecule has 10 heteroatoms. The van der Waals surface area contributed by atoms with E-state index in [-0.39, 0.29) is 11.8 Å². The average Bonchev–Trinajstić information content (AvgIpc) is 2.79. The van der Waals surface area contributed by atoms with Gasteiger partial charge in [0, 0.05) is 19.0 Å². The summed E-state index contributed by atoms with van der Waals surface area (Å²) in [6.07, 6.45) is -2.77. The van der Waals surface area contributed by atoms with Gasteiger partial charge < -0.3 is 15.5 Å². The minimum absolute atomic E-state index is 0.00527. The molecule has 1 saturated heterocycles. The number of carboxylic acid groups (broad SMARTS) is 2. The first kappa shape index (κ1) is 26.8. The van der Waals surface area contributed by atoms with Crippen molar-refractivity contribution >= 4 is 17.8 Å². The molecule has 7 nitrogen and oxygen atoms in total. The summed E-state index contributed by atoms with van der Waals surface area (Å²) in [6.45, 7) is 4.70. The van der Waals surface area contributed by atoms with Crippen molar-refractivity contribution in [2.45, 2.75) is 39.0 Å². The van der Waals surface area contributed by atoms with Gasteiger partial charge in [0.15, 0.2) is 0 Å². The van der Waals surface area contributed by atoms with Crippen molar-refractivity contribution < 1.29 is 37.8 Å². The van der Waals surface area contributed by atoms with Crippen LogP contribution in [0.1, 0.15) is 35.1 Å². The number of alkyl halides is 3. The van der Waals surface area contributed by atoms with Crippen LogP contribution < -0.4 is 5.32 Å². The average molecular weight is 480 g/mol. The van der Waals surface area contributed by atoms with Gasteiger partial charge in [0.25, 0.3) is 0 Å². The first-order chi connectivity index (χ1) is 16.0. The van der Waals surface area contributed by atoms with Crippen LogP contribution in [0, 0.1) is 12.8 Å². The Bertz CT molecular complexity index is 956. The van der Waals surface area contributed by atoms with Crippen molar-refractivity contribution in [1.82, 2.24) is 10.2 Å². The van der Waals surface area contributed by atoms with E-state index in [1.165, 1.54) is 17.7 Å². The maximum atomic E-state index is 12.6. The third kappa shape index (κ3) is 8.86. The highest BCUT2D eigenvalue weighted by molar-refractivity contribution is 6.27. The summed E-state index contributed by atoms with van der Waals surface area (Å²) in [5.74, 6) is -3.57. The van der Waals surface area contributed by atoms with Gasteiger partial charge in [-0.25, -0.2) is 9.59 Å². The van der Waals surface area contributed by atoms with Crippen LogP contribution in [0.25, 0.3) is 0 Å². The van der Waals surface area contributed by atoms with Crippen LogP contribution in [0.5, 0.6) is 0 Å². The predicted molar refractivity (Wildman–Crippen MR) is 118 cm³/mol. The van der Waals surface area contributed by atoms with Gasteiger partial charge in [0.05, 0.1) is 5.56 Å². The van der Waals surface area contributed by atoms with Gasteiger partial charge in [-0.15, -0.1) is 0 Å². The van der Waals surface area contributed by atoms with E-state index in [1.807, 2.05) is 31.2 Å². The summed E-state index contributed by atoms with van der Waals surface area (Å²) in [5, 5.41) is 17.8. The molecule has 3 N–H and O–H groups in total. The fraction of sp³-hybridized carbons (Fsp3) is 0.375. The number of carbonyl (C=O) groups is 3. The smallest absolute Gasteiger partial charge is 0.416 e. The van der Waals surface area contributed by atoms with E-state index < -0.39 is 23.7 Å². The third-order valence-electron chi connectivity index (χ3n) is 5.42. The summed E-state index contributed by atoms with van der Waals surface area (Å²) in [5.41, 5.74) is 2.50. The molecule has 34 heavy (non-hydrogen) atoms. The van der Waals surface area contributed by atoms with E-state index >= 15 is 0 Å². The zero-order valence-corrected chi connectivity index (χ0v) is 18.6. The Morgan fingerprint density at radius 1 is 0.912 bits per heavy atom. The van der Waals surface area contributed by atoms with Gasteiger partial charge in [-0.05, 0) is 56.1 Å². The van der Waals surface area contributed by atoms with Gasteiger partial charge in [-0.3, -0.25) is 9.69 Å². The number of hydrogen-bond acceptors (Lipinski definition) is 4. The van der Waals surface area contributed by atoms with Gasteiger partial charge in [-0.1, -0.05) is 42.0 Å². The largest absolute Gasteiger partial charge is 0.473 e. The molecule has 1 aliphatic rings. The van der Waals surface area contributed by atoms with Crippen molar-refractivity contribution in [3.63, 3.8) is 0 Å². The highest BCUT2D eigenvalue weighted by atomic mass is 19.4. The summed E-state index contributed by atoms with van der Waals surface area (Å²) in [7, 11) is 0. The Morgan fingerprint density at radius 2 is 1.41 bits per heavy atom. The molecule has 0 atom stereocenters. The van der Waals surface area contributed by atoms with E-state index in [0.29, 0.717) is 13.1 Å². The first-order valence-electron chi connectivity index (χ1n) is 10.6. The molecule has 0 aromatic heterocycles. The molecule has 184 valence electrons. The number of nitrogens with zero attached hydrogens (tertiary/aromatic N) is 1. The maximum Gasteiger partial charge on any atom is 0.416 e. The van der Waals surface area contributed by atoms with Gasteiger partial charge in [0.1, 0.15) is 0 Å². The van der Waals surface area contributed by atoms with E-state index in [1.54, 1.807) is 0 Å². The molecule has 1 amide bonds. The summed E-state index contributed by atoms with van der Waals surface area (Å²) in [6, 6.07) is 13.4. The molecule has 0 spiro atoms. The molecule has 0 unspecified atom stereocenters. The molecule has 2 aromatic carbocycles. The van der Waals surface area contributed by atoms with Crippen LogP contribution in [-0.2, 0) is 33.6 Å². The second-order valence-corrected chi connectivity index (χ2v) is 8.06. The number of nitrogens with one attached hydrogen (secondary N) is 1. The number of benzene rings is 2. The number of rotatable bonds is 5. The van der Waals surface area contributed by atoms with Crippen LogP contribution in [0.2, 0.25) is 0 Å². The monoisotopic (exact) mass is 480 g/mol. The normalized spacial score (nSPS) is 14.6. The van der Waals surface area contributed by atoms with Crippen LogP contribution in [-0.4, -0.2) is 46.0 Å². The van der Waals surface area contributed by atoms with E-state index in [9.17, 15) is 18.0 Å². The topological polar surface area (TPSA) is 107 Å². The number of likely N-dealkylation sites (tertiary alicyclic amines) is 1. The number of hydrogen-bond donors (Lipinski definition) is 3. The van der Waals surface area contributed by atoms with Crippen LogP contribution in [0.4, 0.5) is 13.2 Å². The maximum absolute atomic E-state index is 12.6. The summed E-state index contributed by atoms with van der Waals surface area (Å²) in [4.78, 5) is 32.8. The van der Waals surface area contributed by atoms with Gasteiger partial charge in [-0.2, -0.15) is 13.2 Å². The van der Waals surface area contributed by atoms with Crippen molar-refractivity contribution in [1.29, 1.82) is 0 Å². The Kier molecular flexibility index (Phi) is 9.61. The molecule has 0 aliphatic carbocycles. The predicted octanol–water partition coefficient (Wildman–Crippen LogP) is 3.70. The lowest BCUT2D eigenvalue weighted by Gasteiger charge is -2.31. The standard InChI is InChI=1S/C22H25F3N2O.C2H2O4/c1-16-2-4-17(5-3-16)14-26-21(28)19-10-12-27(13-11-19)15-18-6-8-20(9-7-18)22(23,24)25;3-1(4)2(5)6/h2-9,19H,10-15H2,1H3,(H,26,28);(H,3,4)(H,5,6). The number of piperidine rings is 1. The molecule has 1 fully saturated rings. The van der Waals surface area contributed by atoms with Gasteiger partial charge >= 0.3 is 18.1 Å². The lowest BCUT2D eigenvalue weighted by molar-refractivity contribution is -0.159. The Balaban J connectivity index is 0.000000604. The van der Waals surface area contributed by atoms with Crippen LogP contribution in [0.15, 0.2) is 48.5 Å². The third-order valence-corrected chi connectivity index (χ3v) is 5.42. The Hall–Kier alpha value is -3.40. The quantitative estimate of drug-likeness (QED) is 0.564. The molecule has 3 rings (SSSR count).